The van der Waals surface area contributed by atoms with Crippen molar-refractivity contribution in [1.29, 1.82) is 0 Å². The van der Waals surface area contributed by atoms with E-state index in [1.807, 2.05) is 23.9 Å². The van der Waals surface area contributed by atoms with E-state index in [9.17, 15) is 0 Å². The molecule has 1 aliphatic carbocycles. The molecule has 1 spiro atoms. The first-order chi connectivity index (χ1) is 6.79. The number of fused-ring (bicyclic) bond motifs is 1. The van der Waals surface area contributed by atoms with Gasteiger partial charge in [0.05, 0.1) is 4.90 Å². The Hall–Kier alpha value is -0.830. The number of nitrogens with two attached hydrogens (primary N) is 1. The molecule has 1 aromatic carbocycles. The lowest BCUT2D eigenvalue weighted by molar-refractivity contribution is 0.626. The Balaban J connectivity index is 1.96. The first-order valence-corrected chi connectivity index (χ1v) is 6.03. The standard InChI is InChI=1S/C11H14N2S/c12-8-2-1-3-9-10(8)14-7-11(4-5-11)6-13-9/h1-3,13H,4-7,12H2. The molecule has 1 saturated carbocycles. The summed E-state index contributed by atoms with van der Waals surface area (Å²) in [5, 5.41) is 3.52. The van der Waals surface area contributed by atoms with Crippen LogP contribution in [-0.2, 0) is 0 Å². The van der Waals surface area contributed by atoms with Crippen LogP contribution in [0.3, 0.4) is 0 Å². The molecule has 0 bridgehead atoms. The van der Waals surface area contributed by atoms with E-state index in [4.69, 9.17) is 5.73 Å². The first kappa shape index (κ1) is 8.48. The summed E-state index contributed by atoms with van der Waals surface area (Å²) >= 11 is 1.92. The van der Waals surface area contributed by atoms with Crippen LogP contribution in [0.25, 0.3) is 0 Å². The predicted octanol–water partition coefficient (Wildman–Crippen LogP) is 2.57. The summed E-state index contributed by atoms with van der Waals surface area (Å²) in [6.45, 7) is 1.12. The maximum atomic E-state index is 5.96. The summed E-state index contributed by atoms with van der Waals surface area (Å²) in [4.78, 5) is 1.25. The van der Waals surface area contributed by atoms with Crippen molar-refractivity contribution in [1.82, 2.24) is 0 Å². The van der Waals surface area contributed by atoms with Crippen LogP contribution in [0.1, 0.15) is 12.8 Å². The zero-order valence-corrected chi connectivity index (χ0v) is 8.86. The minimum Gasteiger partial charge on any atom is -0.398 e. The second kappa shape index (κ2) is 2.83. The molecule has 0 radical (unpaired) electrons. The van der Waals surface area contributed by atoms with E-state index in [-0.39, 0.29) is 0 Å². The summed E-state index contributed by atoms with van der Waals surface area (Å²) in [6.07, 6.45) is 2.75. The monoisotopic (exact) mass is 206 g/mol. The minimum absolute atomic E-state index is 0.579. The quantitative estimate of drug-likeness (QED) is 0.641. The maximum absolute atomic E-state index is 5.96. The Kier molecular flexibility index (Phi) is 1.71. The predicted molar refractivity (Wildman–Crippen MR) is 61.7 cm³/mol. The Morgan fingerprint density at radius 3 is 3.00 bits per heavy atom. The fourth-order valence-corrected chi connectivity index (χ4v) is 3.28. The second-order valence-electron chi connectivity index (χ2n) is 4.37. The first-order valence-electron chi connectivity index (χ1n) is 5.04. The molecule has 1 aromatic rings. The average Bonchev–Trinajstić information content (AvgIpc) is 2.96. The summed E-state index contributed by atoms with van der Waals surface area (Å²) in [5.74, 6) is 1.22. The van der Waals surface area contributed by atoms with E-state index >= 15 is 0 Å². The van der Waals surface area contributed by atoms with Crippen LogP contribution in [0.2, 0.25) is 0 Å². The molecule has 0 saturated heterocycles. The number of benzene rings is 1. The van der Waals surface area contributed by atoms with E-state index in [1.54, 1.807) is 0 Å². The van der Waals surface area contributed by atoms with Gasteiger partial charge in [0.25, 0.3) is 0 Å². The van der Waals surface area contributed by atoms with Crippen LogP contribution in [0.15, 0.2) is 23.1 Å². The topological polar surface area (TPSA) is 38.0 Å². The van der Waals surface area contributed by atoms with Gasteiger partial charge in [-0.15, -0.1) is 11.8 Å². The Morgan fingerprint density at radius 2 is 2.21 bits per heavy atom. The highest BCUT2D eigenvalue weighted by atomic mass is 32.2. The van der Waals surface area contributed by atoms with Crippen LogP contribution >= 0.6 is 11.8 Å². The summed E-state index contributed by atoms with van der Waals surface area (Å²) in [7, 11) is 0. The molecule has 14 heavy (non-hydrogen) atoms. The molecular formula is C11H14N2S. The summed E-state index contributed by atoms with van der Waals surface area (Å²) in [5.41, 5.74) is 8.67. The summed E-state index contributed by atoms with van der Waals surface area (Å²) < 4.78 is 0. The van der Waals surface area contributed by atoms with Gasteiger partial charge in [0.2, 0.25) is 0 Å². The lowest BCUT2D eigenvalue weighted by Crippen LogP contribution is -2.15. The molecule has 1 fully saturated rings. The molecule has 3 heteroatoms. The minimum atomic E-state index is 0.579. The van der Waals surface area contributed by atoms with E-state index in [0.29, 0.717) is 5.41 Å². The number of nitrogens with one attached hydrogen (secondary N) is 1. The van der Waals surface area contributed by atoms with Gasteiger partial charge < -0.3 is 11.1 Å². The molecular weight excluding hydrogens is 192 g/mol. The normalized spacial score (nSPS) is 22.3. The molecule has 2 aliphatic rings. The number of nitrogen functional groups attached to an aromatic ring is 1. The van der Waals surface area contributed by atoms with Gasteiger partial charge in [-0.25, -0.2) is 0 Å². The van der Waals surface area contributed by atoms with Gasteiger partial charge >= 0.3 is 0 Å². The highest BCUT2D eigenvalue weighted by molar-refractivity contribution is 7.99. The second-order valence-corrected chi connectivity index (χ2v) is 5.35. The van der Waals surface area contributed by atoms with Crippen LogP contribution in [-0.4, -0.2) is 12.3 Å². The maximum Gasteiger partial charge on any atom is 0.0534 e. The van der Waals surface area contributed by atoms with E-state index in [0.717, 1.165) is 12.2 Å². The Morgan fingerprint density at radius 1 is 1.36 bits per heavy atom. The smallest absolute Gasteiger partial charge is 0.0534 e. The largest absolute Gasteiger partial charge is 0.398 e. The van der Waals surface area contributed by atoms with E-state index in [1.165, 1.54) is 29.2 Å². The van der Waals surface area contributed by atoms with Crippen molar-refractivity contribution in [2.45, 2.75) is 17.7 Å². The van der Waals surface area contributed by atoms with Gasteiger partial charge in [-0.05, 0) is 30.4 Å². The third-order valence-electron chi connectivity index (χ3n) is 3.18. The van der Waals surface area contributed by atoms with Gasteiger partial charge in [-0.2, -0.15) is 0 Å². The molecule has 1 aliphatic heterocycles. The van der Waals surface area contributed by atoms with Crippen molar-refractivity contribution < 1.29 is 0 Å². The van der Waals surface area contributed by atoms with E-state index in [2.05, 4.69) is 11.4 Å². The molecule has 2 nitrogen and oxygen atoms in total. The van der Waals surface area contributed by atoms with Gasteiger partial charge in [0, 0.05) is 23.7 Å². The fraction of sp³-hybridized carbons (Fsp3) is 0.455. The zero-order chi connectivity index (χ0) is 9.60. The van der Waals surface area contributed by atoms with Crippen molar-refractivity contribution >= 4 is 23.1 Å². The highest BCUT2D eigenvalue weighted by Gasteiger charge is 2.43. The molecule has 74 valence electrons. The third-order valence-corrected chi connectivity index (χ3v) is 4.68. The van der Waals surface area contributed by atoms with Crippen molar-refractivity contribution in [3.8, 4) is 0 Å². The van der Waals surface area contributed by atoms with Gasteiger partial charge in [-0.3, -0.25) is 0 Å². The summed E-state index contributed by atoms with van der Waals surface area (Å²) in [6, 6.07) is 6.13. The van der Waals surface area contributed by atoms with Gasteiger partial charge in [0.1, 0.15) is 0 Å². The van der Waals surface area contributed by atoms with Crippen LogP contribution < -0.4 is 11.1 Å². The number of rotatable bonds is 0. The molecule has 3 rings (SSSR count). The molecule has 0 atom stereocenters. The molecule has 3 N–H and O–H groups in total. The third kappa shape index (κ3) is 1.27. The molecule has 0 unspecified atom stereocenters. The Bertz CT molecular complexity index is 372. The van der Waals surface area contributed by atoms with Crippen molar-refractivity contribution in [2.75, 3.05) is 23.3 Å². The fourth-order valence-electron chi connectivity index (χ4n) is 1.91. The molecule has 0 amide bonds. The zero-order valence-electron chi connectivity index (χ0n) is 8.05. The Labute approximate surface area is 88.3 Å². The van der Waals surface area contributed by atoms with Gasteiger partial charge in [0.15, 0.2) is 0 Å². The van der Waals surface area contributed by atoms with Crippen molar-refractivity contribution in [2.24, 2.45) is 5.41 Å². The lowest BCUT2D eigenvalue weighted by Gasteiger charge is -2.10. The number of anilines is 2. The molecule has 0 aromatic heterocycles. The van der Waals surface area contributed by atoms with Crippen LogP contribution in [0.5, 0.6) is 0 Å². The van der Waals surface area contributed by atoms with E-state index < -0.39 is 0 Å². The van der Waals surface area contributed by atoms with Gasteiger partial charge in [-0.1, -0.05) is 6.07 Å². The number of thioether (sulfide) groups is 1. The lowest BCUT2D eigenvalue weighted by atomic mass is 10.1. The SMILES string of the molecule is Nc1cccc2c1SCC1(CC1)CN2. The van der Waals surface area contributed by atoms with Crippen LogP contribution in [0, 0.1) is 5.41 Å². The number of hydrogen-bond acceptors (Lipinski definition) is 3. The highest BCUT2D eigenvalue weighted by Crippen LogP contribution is 2.52. The molecule has 1 heterocycles. The average molecular weight is 206 g/mol. The van der Waals surface area contributed by atoms with Crippen molar-refractivity contribution in [3.05, 3.63) is 18.2 Å². The number of hydrogen-bond donors (Lipinski definition) is 2. The van der Waals surface area contributed by atoms with Crippen LogP contribution in [0.4, 0.5) is 11.4 Å². The van der Waals surface area contributed by atoms with Crippen molar-refractivity contribution in [3.63, 3.8) is 0 Å².